The fraction of sp³-hybridized carbons (Fsp3) is 0.406. The zero-order valence-corrected chi connectivity index (χ0v) is 24.6. The second kappa shape index (κ2) is 10.9. The number of fused-ring (bicyclic) bond motifs is 2. The number of alkyl halides is 3. The van der Waals surface area contributed by atoms with Crippen molar-refractivity contribution in [3.05, 3.63) is 72.3 Å². The lowest BCUT2D eigenvalue weighted by atomic mass is 9.83. The summed E-state index contributed by atoms with van der Waals surface area (Å²) >= 11 is 0. The van der Waals surface area contributed by atoms with Gasteiger partial charge in [-0.05, 0) is 61.4 Å². The number of nitrogens with one attached hydrogen (secondary N) is 1. The molecule has 1 amide bonds. The average Bonchev–Trinajstić information content (AvgIpc) is 3.68. The minimum Gasteiger partial charge on any atom is -0.494 e. The number of aromatic nitrogens is 2. The van der Waals surface area contributed by atoms with Crippen LogP contribution in [0.25, 0.3) is 0 Å². The van der Waals surface area contributed by atoms with E-state index in [1.165, 1.54) is 23.5 Å². The third kappa shape index (κ3) is 5.02. The van der Waals surface area contributed by atoms with E-state index in [9.17, 15) is 22.4 Å². The van der Waals surface area contributed by atoms with Crippen LogP contribution in [0.15, 0.2) is 55.4 Å². The van der Waals surface area contributed by atoms with Crippen molar-refractivity contribution in [3.63, 3.8) is 0 Å². The molecule has 1 N–H and O–H groups in total. The van der Waals surface area contributed by atoms with Gasteiger partial charge in [-0.3, -0.25) is 9.63 Å². The summed E-state index contributed by atoms with van der Waals surface area (Å²) in [7, 11) is 1.57. The summed E-state index contributed by atoms with van der Waals surface area (Å²) in [6.45, 7) is 5.82. The van der Waals surface area contributed by atoms with Crippen LogP contribution in [0.3, 0.4) is 0 Å². The fourth-order valence-electron chi connectivity index (χ4n) is 7.17. The number of halogens is 4. The predicted octanol–water partition coefficient (Wildman–Crippen LogP) is 6.55. The molecule has 9 nitrogen and oxygen atoms in total. The SMILES string of the molecule is C=CC(=O)N1c2cc(Nc3cc(N4OCCC4c4ccc(F)c(C(F)(F)F)c4)ncn3)c(OC)cc2N2CCC(CC2)C12CC2. The summed E-state index contributed by atoms with van der Waals surface area (Å²) in [5.74, 6) is 0.167. The maximum absolute atomic E-state index is 14.0. The van der Waals surface area contributed by atoms with E-state index < -0.39 is 23.6 Å². The summed E-state index contributed by atoms with van der Waals surface area (Å²) in [6, 6.07) is 7.80. The Balaban J connectivity index is 1.23. The molecule has 4 aliphatic heterocycles. The third-order valence-electron chi connectivity index (χ3n) is 9.46. The minimum absolute atomic E-state index is 0.144. The molecule has 1 atom stereocenters. The van der Waals surface area contributed by atoms with Gasteiger partial charge in [-0.25, -0.2) is 19.4 Å². The van der Waals surface area contributed by atoms with Crippen molar-refractivity contribution >= 4 is 34.6 Å². The van der Waals surface area contributed by atoms with E-state index in [2.05, 4.69) is 26.8 Å². The van der Waals surface area contributed by atoms with Gasteiger partial charge >= 0.3 is 6.18 Å². The topological polar surface area (TPSA) is 83.1 Å². The van der Waals surface area contributed by atoms with Crippen molar-refractivity contribution in [2.45, 2.75) is 49.9 Å². The molecular weight excluding hydrogens is 592 g/mol. The number of hydrogen-bond acceptors (Lipinski definition) is 8. The third-order valence-corrected chi connectivity index (χ3v) is 9.46. The second-order valence-corrected chi connectivity index (χ2v) is 11.9. The van der Waals surface area contributed by atoms with E-state index in [0.717, 1.165) is 62.3 Å². The molecule has 2 bridgehead atoms. The van der Waals surface area contributed by atoms with Crippen molar-refractivity contribution in [1.82, 2.24) is 9.97 Å². The molecule has 3 fully saturated rings. The first-order valence-corrected chi connectivity index (χ1v) is 14.9. The predicted molar refractivity (Wildman–Crippen MR) is 160 cm³/mol. The Morgan fingerprint density at radius 1 is 1.11 bits per heavy atom. The molecule has 1 aromatic heterocycles. The number of nitrogens with zero attached hydrogens (tertiary/aromatic N) is 5. The molecule has 2 aromatic carbocycles. The molecule has 0 radical (unpaired) electrons. The summed E-state index contributed by atoms with van der Waals surface area (Å²) < 4.78 is 60.1. The van der Waals surface area contributed by atoms with Crippen LogP contribution in [-0.2, 0) is 15.8 Å². The Kier molecular flexibility index (Phi) is 7.10. The number of carbonyl (C=O) groups excluding carboxylic acids is 1. The highest BCUT2D eigenvalue weighted by molar-refractivity contribution is 6.06. The largest absolute Gasteiger partial charge is 0.494 e. The molecule has 2 saturated heterocycles. The number of piperidine rings is 1. The standard InChI is InChI=1S/C32H32F4N6O3/c1-3-30(43)41-26-15-23(27(44-2)16-25(26)40-11-6-20(7-12-40)31(41)9-10-31)39-28-17-29(38-18-37-28)42-24(8-13-45-42)19-4-5-22(33)21(14-19)32(34,35)36/h3-5,14-18,20,24H,1,6-13H2,2H3,(H,37,38,39). The van der Waals surface area contributed by atoms with E-state index in [-0.39, 0.29) is 23.6 Å². The Morgan fingerprint density at radius 2 is 1.89 bits per heavy atom. The minimum atomic E-state index is -4.83. The van der Waals surface area contributed by atoms with Crippen LogP contribution in [0.2, 0.25) is 0 Å². The van der Waals surface area contributed by atoms with Crippen LogP contribution in [0.5, 0.6) is 5.75 Å². The highest BCUT2D eigenvalue weighted by atomic mass is 19.4. The Morgan fingerprint density at radius 3 is 2.58 bits per heavy atom. The van der Waals surface area contributed by atoms with Crippen LogP contribution in [0.4, 0.5) is 46.3 Å². The number of benzene rings is 2. The summed E-state index contributed by atoms with van der Waals surface area (Å²) in [5, 5.41) is 4.71. The maximum Gasteiger partial charge on any atom is 0.419 e. The Hall–Kier alpha value is -4.39. The van der Waals surface area contributed by atoms with Gasteiger partial charge in [-0.15, -0.1) is 0 Å². The zero-order chi connectivity index (χ0) is 31.5. The highest BCUT2D eigenvalue weighted by Crippen LogP contribution is 2.57. The number of anilines is 5. The van der Waals surface area contributed by atoms with Gasteiger partial charge in [0.1, 0.15) is 23.7 Å². The van der Waals surface area contributed by atoms with E-state index >= 15 is 0 Å². The number of methoxy groups -OCH3 is 1. The van der Waals surface area contributed by atoms with Crippen LogP contribution in [0.1, 0.15) is 49.3 Å². The molecule has 5 heterocycles. The number of amides is 1. The number of ether oxygens (including phenoxy) is 1. The molecule has 5 aliphatic rings. The number of rotatable bonds is 6. The molecule has 13 heteroatoms. The van der Waals surface area contributed by atoms with Crippen molar-refractivity contribution in [3.8, 4) is 5.75 Å². The van der Waals surface area contributed by atoms with Gasteiger partial charge in [0, 0.05) is 31.6 Å². The molecule has 8 rings (SSSR count). The van der Waals surface area contributed by atoms with Gasteiger partial charge in [-0.2, -0.15) is 13.2 Å². The maximum atomic E-state index is 14.0. The van der Waals surface area contributed by atoms with Gasteiger partial charge in [0.2, 0.25) is 0 Å². The molecule has 45 heavy (non-hydrogen) atoms. The molecule has 3 aromatic rings. The van der Waals surface area contributed by atoms with Crippen molar-refractivity contribution in [1.29, 1.82) is 0 Å². The van der Waals surface area contributed by atoms with Crippen molar-refractivity contribution < 1.29 is 31.9 Å². The van der Waals surface area contributed by atoms with Gasteiger partial charge in [0.05, 0.1) is 47.9 Å². The molecule has 1 saturated carbocycles. The average molecular weight is 625 g/mol. The lowest BCUT2D eigenvalue weighted by Crippen LogP contribution is -2.53. The van der Waals surface area contributed by atoms with Crippen molar-refractivity contribution in [2.24, 2.45) is 5.92 Å². The lowest BCUT2D eigenvalue weighted by molar-refractivity contribution is -0.140. The van der Waals surface area contributed by atoms with E-state index in [0.29, 0.717) is 35.4 Å². The molecule has 1 unspecified atom stereocenters. The van der Waals surface area contributed by atoms with E-state index in [1.54, 1.807) is 13.2 Å². The number of hydroxylamine groups is 1. The van der Waals surface area contributed by atoms with Crippen LogP contribution in [0, 0.1) is 11.7 Å². The first-order chi connectivity index (χ1) is 21.6. The van der Waals surface area contributed by atoms with Crippen LogP contribution < -0.4 is 24.9 Å². The summed E-state index contributed by atoms with van der Waals surface area (Å²) in [6.07, 6.45) is 2.15. The van der Waals surface area contributed by atoms with E-state index in [4.69, 9.17) is 9.57 Å². The normalized spacial score (nSPS) is 20.6. The first-order valence-electron chi connectivity index (χ1n) is 14.9. The zero-order valence-electron chi connectivity index (χ0n) is 24.6. The van der Waals surface area contributed by atoms with Crippen LogP contribution >= 0.6 is 0 Å². The van der Waals surface area contributed by atoms with E-state index in [1.807, 2.05) is 17.0 Å². The number of carbonyl (C=O) groups is 1. The smallest absolute Gasteiger partial charge is 0.419 e. The van der Waals surface area contributed by atoms with Crippen molar-refractivity contribution in [2.75, 3.05) is 47.0 Å². The second-order valence-electron chi connectivity index (χ2n) is 11.9. The summed E-state index contributed by atoms with van der Waals surface area (Å²) in [5.41, 5.74) is 0.968. The Bertz CT molecular complexity index is 1650. The molecule has 1 aliphatic carbocycles. The highest BCUT2D eigenvalue weighted by Gasteiger charge is 2.57. The Labute approximate surface area is 257 Å². The summed E-state index contributed by atoms with van der Waals surface area (Å²) in [4.78, 5) is 32.1. The van der Waals surface area contributed by atoms with Gasteiger partial charge in [-0.1, -0.05) is 12.6 Å². The number of hydrogen-bond donors (Lipinski definition) is 1. The molecular formula is C32H32F4N6O3. The van der Waals surface area contributed by atoms with Crippen LogP contribution in [-0.4, -0.2) is 48.2 Å². The molecule has 236 valence electrons. The van der Waals surface area contributed by atoms with Gasteiger partial charge < -0.3 is 19.9 Å². The van der Waals surface area contributed by atoms with Gasteiger partial charge in [0.15, 0.2) is 5.82 Å². The lowest BCUT2D eigenvalue weighted by Gasteiger charge is -2.47. The monoisotopic (exact) mass is 624 g/mol. The quantitative estimate of drug-likeness (QED) is 0.244. The first kappa shape index (κ1) is 29.3. The van der Waals surface area contributed by atoms with Gasteiger partial charge in [0.25, 0.3) is 5.91 Å². The fourth-order valence-corrected chi connectivity index (χ4v) is 7.17. The molecule has 1 spiro atoms.